The SMILES string of the molecule is Cc1ccccc1[C@@H](c1nc(Cc2cccs2)nn1CCO)N(C)C. The molecule has 0 saturated heterocycles. The van der Waals surface area contributed by atoms with Gasteiger partial charge in [-0.15, -0.1) is 11.3 Å². The Bertz CT molecular complexity index is 811. The minimum atomic E-state index is -0.00247. The molecule has 1 N–H and O–H groups in total. The van der Waals surface area contributed by atoms with Crippen molar-refractivity contribution in [1.82, 2.24) is 19.7 Å². The molecule has 25 heavy (non-hydrogen) atoms. The second kappa shape index (κ2) is 7.91. The summed E-state index contributed by atoms with van der Waals surface area (Å²) in [5.41, 5.74) is 2.43. The molecule has 2 heterocycles. The zero-order valence-electron chi connectivity index (χ0n) is 14.9. The first-order valence-electron chi connectivity index (χ1n) is 8.39. The second-order valence-electron chi connectivity index (χ2n) is 6.31. The van der Waals surface area contributed by atoms with Crippen LogP contribution in [0.5, 0.6) is 0 Å². The smallest absolute Gasteiger partial charge is 0.156 e. The Balaban J connectivity index is 2.02. The molecule has 2 aromatic heterocycles. The van der Waals surface area contributed by atoms with Crippen LogP contribution in [0.25, 0.3) is 0 Å². The first kappa shape index (κ1) is 17.8. The topological polar surface area (TPSA) is 54.2 Å². The van der Waals surface area contributed by atoms with E-state index in [9.17, 15) is 5.11 Å². The average Bonchev–Trinajstić information content (AvgIpc) is 3.21. The molecule has 0 unspecified atom stereocenters. The summed E-state index contributed by atoms with van der Waals surface area (Å²) in [6.45, 7) is 2.61. The Morgan fingerprint density at radius 2 is 2.00 bits per heavy atom. The van der Waals surface area contributed by atoms with Crippen LogP contribution in [-0.4, -0.2) is 45.5 Å². The lowest BCUT2D eigenvalue weighted by molar-refractivity contribution is 0.256. The van der Waals surface area contributed by atoms with Crippen molar-refractivity contribution in [1.29, 1.82) is 0 Å². The highest BCUT2D eigenvalue weighted by Gasteiger charge is 2.25. The zero-order valence-corrected chi connectivity index (χ0v) is 15.7. The first-order chi connectivity index (χ1) is 12.1. The average molecular weight is 356 g/mol. The molecule has 0 saturated carbocycles. The van der Waals surface area contributed by atoms with Crippen molar-refractivity contribution in [2.75, 3.05) is 20.7 Å². The zero-order chi connectivity index (χ0) is 17.8. The third-order valence-corrected chi connectivity index (χ3v) is 5.09. The lowest BCUT2D eigenvalue weighted by Gasteiger charge is -2.25. The van der Waals surface area contributed by atoms with Crippen LogP contribution in [0.2, 0.25) is 0 Å². The normalized spacial score (nSPS) is 12.7. The summed E-state index contributed by atoms with van der Waals surface area (Å²) in [7, 11) is 4.10. The van der Waals surface area contributed by atoms with Crippen LogP contribution in [0.3, 0.4) is 0 Å². The summed E-state index contributed by atoms with van der Waals surface area (Å²) in [5.74, 6) is 1.67. The van der Waals surface area contributed by atoms with Gasteiger partial charge in [0.25, 0.3) is 0 Å². The molecule has 0 bridgehead atoms. The van der Waals surface area contributed by atoms with E-state index in [1.54, 1.807) is 11.3 Å². The summed E-state index contributed by atoms with van der Waals surface area (Å²) in [6, 6.07) is 12.5. The fourth-order valence-corrected chi connectivity index (χ4v) is 3.75. The fraction of sp³-hybridized carbons (Fsp3) is 0.368. The monoisotopic (exact) mass is 356 g/mol. The van der Waals surface area contributed by atoms with Crippen molar-refractivity contribution in [3.8, 4) is 0 Å². The van der Waals surface area contributed by atoms with Gasteiger partial charge in [-0.3, -0.25) is 4.90 Å². The van der Waals surface area contributed by atoms with E-state index in [-0.39, 0.29) is 12.6 Å². The Labute approximate surface area is 152 Å². The highest BCUT2D eigenvalue weighted by molar-refractivity contribution is 7.09. The molecule has 0 amide bonds. The van der Waals surface area contributed by atoms with Gasteiger partial charge >= 0.3 is 0 Å². The fourth-order valence-electron chi connectivity index (χ4n) is 3.05. The molecular weight excluding hydrogens is 332 g/mol. The number of hydrogen-bond donors (Lipinski definition) is 1. The van der Waals surface area contributed by atoms with Crippen molar-refractivity contribution >= 4 is 11.3 Å². The van der Waals surface area contributed by atoms with Crippen molar-refractivity contribution in [2.24, 2.45) is 0 Å². The van der Waals surface area contributed by atoms with Crippen molar-refractivity contribution in [3.05, 3.63) is 69.4 Å². The number of aromatic nitrogens is 3. The first-order valence-corrected chi connectivity index (χ1v) is 9.27. The number of nitrogens with zero attached hydrogens (tertiary/aromatic N) is 4. The molecule has 0 aliphatic rings. The van der Waals surface area contributed by atoms with Crippen LogP contribution in [0.1, 0.15) is 33.7 Å². The van der Waals surface area contributed by atoms with Gasteiger partial charge in [-0.05, 0) is 43.6 Å². The van der Waals surface area contributed by atoms with Crippen molar-refractivity contribution < 1.29 is 5.11 Å². The van der Waals surface area contributed by atoms with Crippen molar-refractivity contribution in [3.63, 3.8) is 0 Å². The van der Waals surface area contributed by atoms with Gasteiger partial charge in [-0.25, -0.2) is 9.67 Å². The van der Waals surface area contributed by atoms with Crippen LogP contribution in [0.4, 0.5) is 0 Å². The maximum Gasteiger partial charge on any atom is 0.156 e. The Kier molecular flexibility index (Phi) is 5.63. The molecule has 1 atom stereocenters. The number of rotatable bonds is 7. The molecule has 1 aromatic carbocycles. The Morgan fingerprint density at radius 1 is 1.20 bits per heavy atom. The summed E-state index contributed by atoms with van der Waals surface area (Å²) >= 11 is 1.71. The third kappa shape index (κ3) is 3.98. The van der Waals surface area contributed by atoms with Crippen molar-refractivity contribution in [2.45, 2.75) is 25.9 Å². The number of aliphatic hydroxyl groups is 1. The van der Waals surface area contributed by atoms with E-state index < -0.39 is 0 Å². The van der Waals surface area contributed by atoms with E-state index in [1.807, 2.05) is 30.9 Å². The van der Waals surface area contributed by atoms with Gasteiger partial charge in [0.05, 0.1) is 19.2 Å². The molecule has 5 nitrogen and oxygen atoms in total. The van der Waals surface area contributed by atoms with Crippen LogP contribution >= 0.6 is 11.3 Å². The number of hydrogen-bond acceptors (Lipinski definition) is 5. The van der Waals surface area contributed by atoms with E-state index in [0.29, 0.717) is 6.54 Å². The maximum absolute atomic E-state index is 9.46. The molecule has 0 radical (unpaired) electrons. The minimum absolute atomic E-state index is 0.00247. The lowest BCUT2D eigenvalue weighted by Crippen LogP contribution is -2.26. The summed E-state index contributed by atoms with van der Waals surface area (Å²) < 4.78 is 1.85. The maximum atomic E-state index is 9.46. The molecule has 132 valence electrons. The predicted octanol–water partition coefficient (Wildman–Crippen LogP) is 2.88. The minimum Gasteiger partial charge on any atom is -0.394 e. The summed E-state index contributed by atoms with van der Waals surface area (Å²) in [5, 5.41) is 16.2. The Hall–Kier alpha value is -2.02. The number of thiophene rings is 1. The van der Waals surface area contributed by atoms with Gasteiger partial charge in [0.1, 0.15) is 5.82 Å². The molecule has 0 aliphatic carbocycles. The van der Waals surface area contributed by atoms with E-state index in [2.05, 4.69) is 46.6 Å². The molecule has 0 spiro atoms. The second-order valence-corrected chi connectivity index (χ2v) is 7.34. The Morgan fingerprint density at radius 3 is 2.64 bits per heavy atom. The molecule has 0 aliphatic heterocycles. The van der Waals surface area contributed by atoms with Gasteiger partial charge in [0.2, 0.25) is 0 Å². The van der Waals surface area contributed by atoms with E-state index in [1.165, 1.54) is 16.0 Å². The largest absolute Gasteiger partial charge is 0.394 e. The quantitative estimate of drug-likeness (QED) is 0.707. The highest BCUT2D eigenvalue weighted by atomic mass is 32.1. The molecular formula is C19H24N4OS. The van der Waals surface area contributed by atoms with Crippen LogP contribution in [-0.2, 0) is 13.0 Å². The molecule has 3 aromatic rings. The van der Waals surface area contributed by atoms with Gasteiger partial charge in [0.15, 0.2) is 5.82 Å². The lowest BCUT2D eigenvalue weighted by atomic mass is 10.00. The van der Waals surface area contributed by atoms with Crippen LogP contribution < -0.4 is 0 Å². The number of benzene rings is 1. The van der Waals surface area contributed by atoms with E-state index in [4.69, 9.17) is 4.98 Å². The van der Waals surface area contributed by atoms with Crippen LogP contribution in [0, 0.1) is 6.92 Å². The standard InChI is InChI=1S/C19H24N4OS/c1-14-7-4-5-9-16(14)18(22(2)3)19-20-17(21-23(19)10-11-24)13-15-8-6-12-25-15/h4-9,12,18,24H,10-11,13H2,1-3H3/t18-/m0/s1. The number of aliphatic hydroxyl groups excluding tert-OH is 1. The third-order valence-electron chi connectivity index (χ3n) is 4.21. The summed E-state index contributed by atoms with van der Waals surface area (Å²) in [4.78, 5) is 8.24. The van der Waals surface area contributed by atoms with Gasteiger partial charge in [-0.1, -0.05) is 30.3 Å². The molecule has 3 rings (SSSR count). The molecule has 0 fully saturated rings. The van der Waals surface area contributed by atoms with E-state index >= 15 is 0 Å². The number of aryl methyl sites for hydroxylation is 1. The summed E-state index contributed by atoms with van der Waals surface area (Å²) in [6.07, 6.45) is 0.719. The van der Waals surface area contributed by atoms with E-state index in [0.717, 1.165) is 18.1 Å². The van der Waals surface area contributed by atoms with Gasteiger partial charge < -0.3 is 5.11 Å². The van der Waals surface area contributed by atoms with Gasteiger partial charge in [-0.2, -0.15) is 5.10 Å². The highest BCUT2D eigenvalue weighted by Crippen LogP contribution is 2.28. The predicted molar refractivity (Wildman–Crippen MR) is 101 cm³/mol. The molecule has 6 heteroatoms. The van der Waals surface area contributed by atoms with Crippen LogP contribution in [0.15, 0.2) is 41.8 Å². The van der Waals surface area contributed by atoms with Gasteiger partial charge in [0, 0.05) is 11.3 Å².